The fourth-order valence-corrected chi connectivity index (χ4v) is 4.39. The number of benzene rings is 1. The summed E-state index contributed by atoms with van der Waals surface area (Å²) in [7, 11) is 1.38. The molecule has 0 aliphatic heterocycles. The van der Waals surface area contributed by atoms with Crippen molar-refractivity contribution in [2.75, 3.05) is 12.4 Å². The highest BCUT2D eigenvalue weighted by Crippen LogP contribution is 2.38. The van der Waals surface area contributed by atoms with Gasteiger partial charge in [-0.05, 0) is 49.4 Å². The van der Waals surface area contributed by atoms with E-state index in [-0.39, 0.29) is 18.4 Å². The van der Waals surface area contributed by atoms with E-state index < -0.39 is 0 Å². The van der Waals surface area contributed by atoms with Crippen molar-refractivity contribution in [3.8, 4) is 0 Å². The molecular weight excluding hydrogens is 358 g/mol. The van der Waals surface area contributed by atoms with Gasteiger partial charge in [-0.25, -0.2) is 14.8 Å². The van der Waals surface area contributed by atoms with Gasteiger partial charge in [0.15, 0.2) is 0 Å². The number of nitrogens with zero attached hydrogens (tertiary/aromatic N) is 2. The van der Waals surface area contributed by atoms with Crippen LogP contribution in [0.3, 0.4) is 0 Å². The molecule has 0 amide bonds. The number of hydrogen-bond acceptors (Lipinski definition) is 6. The van der Waals surface area contributed by atoms with Crippen molar-refractivity contribution in [2.45, 2.75) is 25.7 Å². The van der Waals surface area contributed by atoms with E-state index in [1.807, 2.05) is 12.1 Å². The molecule has 4 rings (SSSR count). The average Bonchev–Trinajstić information content (AvgIpc) is 3.01. The number of aromatic nitrogens is 2. The van der Waals surface area contributed by atoms with E-state index in [4.69, 9.17) is 4.74 Å². The Balaban J connectivity index is 0.00000182. The summed E-state index contributed by atoms with van der Waals surface area (Å²) in [6.07, 6.45) is 6.27. The van der Waals surface area contributed by atoms with Crippen LogP contribution in [0.1, 0.15) is 33.6 Å². The van der Waals surface area contributed by atoms with Gasteiger partial charge in [-0.1, -0.05) is 6.07 Å². The third-order valence-corrected chi connectivity index (χ3v) is 5.50. The second kappa shape index (κ2) is 7.37. The van der Waals surface area contributed by atoms with Crippen molar-refractivity contribution in [3.63, 3.8) is 0 Å². The number of aryl methyl sites for hydroxylation is 2. The van der Waals surface area contributed by atoms with Gasteiger partial charge < -0.3 is 10.1 Å². The van der Waals surface area contributed by atoms with Crippen LogP contribution in [-0.2, 0) is 17.6 Å². The molecule has 2 aromatic heterocycles. The number of ether oxygens (including phenoxy) is 1. The highest BCUT2D eigenvalue weighted by Gasteiger charge is 2.20. The number of rotatable bonds is 3. The lowest BCUT2D eigenvalue weighted by Crippen LogP contribution is -2.03. The molecule has 3 aromatic rings. The van der Waals surface area contributed by atoms with E-state index in [2.05, 4.69) is 15.3 Å². The summed E-state index contributed by atoms with van der Waals surface area (Å²) in [6.45, 7) is 0. The number of anilines is 2. The number of nitrogens with one attached hydrogen (secondary N) is 1. The maximum Gasteiger partial charge on any atom is 0.337 e. The molecule has 0 saturated heterocycles. The average molecular weight is 376 g/mol. The molecule has 1 aliphatic carbocycles. The zero-order chi connectivity index (χ0) is 16.5. The van der Waals surface area contributed by atoms with Gasteiger partial charge in [0.2, 0.25) is 0 Å². The van der Waals surface area contributed by atoms with Gasteiger partial charge in [-0.3, -0.25) is 0 Å². The molecular formula is C18H18ClN3O2S. The Hall–Kier alpha value is -2.18. The smallest absolute Gasteiger partial charge is 0.337 e. The quantitative estimate of drug-likeness (QED) is 0.682. The second-order valence-corrected chi connectivity index (χ2v) is 6.89. The van der Waals surface area contributed by atoms with Crippen LogP contribution in [0, 0.1) is 0 Å². The first kappa shape index (κ1) is 17.6. The molecule has 25 heavy (non-hydrogen) atoms. The molecule has 2 heterocycles. The zero-order valence-electron chi connectivity index (χ0n) is 13.7. The lowest BCUT2D eigenvalue weighted by Gasteiger charge is -2.12. The Kier molecular flexibility index (Phi) is 5.20. The van der Waals surface area contributed by atoms with Crippen LogP contribution in [0.5, 0.6) is 0 Å². The molecule has 1 aromatic carbocycles. The first-order chi connectivity index (χ1) is 11.8. The summed E-state index contributed by atoms with van der Waals surface area (Å²) in [5.41, 5.74) is 2.71. The van der Waals surface area contributed by atoms with Crippen molar-refractivity contribution >= 4 is 51.4 Å². The Morgan fingerprint density at radius 1 is 1.24 bits per heavy atom. The summed E-state index contributed by atoms with van der Waals surface area (Å²) >= 11 is 1.77. The maximum atomic E-state index is 11.7. The molecule has 0 atom stereocenters. The fraction of sp³-hybridized carbons (Fsp3) is 0.278. The highest BCUT2D eigenvalue weighted by molar-refractivity contribution is 7.19. The van der Waals surface area contributed by atoms with Crippen molar-refractivity contribution in [3.05, 3.63) is 46.6 Å². The van der Waals surface area contributed by atoms with Crippen LogP contribution in [-0.4, -0.2) is 23.0 Å². The standard InChI is InChI=1S/C18H17N3O2S.ClH/c1-23-18(22)11-5-4-6-12(9-11)21-16-15-13-7-2-3-8-14(13)24-17(15)20-10-19-16;/h4-6,9-10H,2-3,7-8H2,1H3,(H,19,20,21);1H. The predicted molar refractivity (Wildman–Crippen MR) is 102 cm³/mol. The molecule has 0 unspecified atom stereocenters. The lowest BCUT2D eigenvalue weighted by molar-refractivity contribution is 0.0601. The van der Waals surface area contributed by atoms with Gasteiger partial charge in [-0.15, -0.1) is 23.7 Å². The van der Waals surface area contributed by atoms with Crippen LogP contribution >= 0.6 is 23.7 Å². The fourth-order valence-electron chi connectivity index (χ4n) is 3.16. The number of carbonyl (C=O) groups excluding carboxylic acids is 1. The van der Waals surface area contributed by atoms with E-state index in [9.17, 15) is 4.79 Å². The van der Waals surface area contributed by atoms with E-state index >= 15 is 0 Å². The Bertz CT molecular complexity index is 926. The van der Waals surface area contributed by atoms with E-state index in [1.54, 1.807) is 29.8 Å². The van der Waals surface area contributed by atoms with Gasteiger partial charge in [0.05, 0.1) is 18.1 Å². The minimum atomic E-state index is -0.348. The Morgan fingerprint density at radius 3 is 2.92 bits per heavy atom. The van der Waals surface area contributed by atoms with E-state index in [1.165, 1.54) is 30.4 Å². The first-order valence-corrected chi connectivity index (χ1v) is 8.78. The van der Waals surface area contributed by atoms with Crippen molar-refractivity contribution in [1.29, 1.82) is 0 Å². The van der Waals surface area contributed by atoms with Crippen LogP contribution in [0.25, 0.3) is 10.2 Å². The van der Waals surface area contributed by atoms with Crippen LogP contribution in [0.15, 0.2) is 30.6 Å². The number of hydrogen-bond donors (Lipinski definition) is 1. The second-order valence-electron chi connectivity index (χ2n) is 5.81. The van der Waals surface area contributed by atoms with Gasteiger partial charge in [0, 0.05) is 10.6 Å². The molecule has 0 fully saturated rings. The van der Waals surface area contributed by atoms with E-state index in [0.29, 0.717) is 5.56 Å². The van der Waals surface area contributed by atoms with Crippen molar-refractivity contribution in [2.24, 2.45) is 0 Å². The highest BCUT2D eigenvalue weighted by atomic mass is 35.5. The van der Waals surface area contributed by atoms with Crippen LogP contribution in [0.4, 0.5) is 11.5 Å². The number of fused-ring (bicyclic) bond motifs is 3. The number of esters is 1. The molecule has 1 aliphatic rings. The maximum absolute atomic E-state index is 11.7. The molecule has 0 spiro atoms. The predicted octanol–water partition coefficient (Wildman–Crippen LogP) is 4.52. The number of halogens is 1. The van der Waals surface area contributed by atoms with Gasteiger partial charge in [0.25, 0.3) is 0 Å². The third-order valence-electron chi connectivity index (χ3n) is 4.30. The summed E-state index contributed by atoms with van der Waals surface area (Å²) in [5.74, 6) is 0.459. The Morgan fingerprint density at radius 2 is 2.08 bits per heavy atom. The molecule has 0 bridgehead atoms. The van der Waals surface area contributed by atoms with E-state index in [0.717, 1.165) is 34.6 Å². The lowest BCUT2D eigenvalue weighted by atomic mass is 9.97. The van der Waals surface area contributed by atoms with Gasteiger partial charge in [0.1, 0.15) is 17.0 Å². The van der Waals surface area contributed by atoms with Gasteiger partial charge in [-0.2, -0.15) is 0 Å². The summed E-state index contributed by atoms with van der Waals surface area (Å²) in [4.78, 5) is 23.1. The first-order valence-electron chi connectivity index (χ1n) is 7.97. The molecule has 1 N–H and O–H groups in total. The molecule has 0 radical (unpaired) electrons. The molecule has 0 saturated carbocycles. The topological polar surface area (TPSA) is 64.1 Å². The van der Waals surface area contributed by atoms with Crippen molar-refractivity contribution in [1.82, 2.24) is 9.97 Å². The van der Waals surface area contributed by atoms with Crippen molar-refractivity contribution < 1.29 is 9.53 Å². The van der Waals surface area contributed by atoms with Gasteiger partial charge >= 0.3 is 5.97 Å². The van der Waals surface area contributed by atoms with Crippen LogP contribution in [0.2, 0.25) is 0 Å². The number of methoxy groups -OCH3 is 1. The minimum absolute atomic E-state index is 0. The molecule has 5 nitrogen and oxygen atoms in total. The third kappa shape index (κ3) is 3.32. The zero-order valence-corrected chi connectivity index (χ0v) is 15.4. The normalized spacial score (nSPS) is 13.0. The summed E-state index contributed by atoms with van der Waals surface area (Å²) in [6, 6.07) is 7.26. The molecule has 130 valence electrons. The molecule has 7 heteroatoms. The monoisotopic (exact) mass is 375 g/mol. The van der Waals surface area contributed by atoms with Crippen LogP contribution < -0.4 is 5.32 Å². The largest absolute Gasteiger partial charge is 0.465 e. The summed E-state index contributed by atoms with van der Waals surface area (Å²) < 4.78 is 4.78. The summed E-state index contributed by atoms with van der Waals surface area (Å²) in [5, 5.41) is 4.48. The Labute approximate surface area is 155 Å². The number of thiophene rings is 1. The minimum Gasteiger partial charge on any atom is -0.465 e. The SMILES string of the molecule is COC(=O)c1cccc(Nc2ncnc3sc4c(c23)CCCC4)c1.Cl. The number of carbonyl (C=O) groups is 1.